The molecule has 0 bridgehead atoms. The average molecular weight is 322 g/mol. The van der Waals surface area contributed by atoms with E-state index in [4.69, 9.17) is 4.42 Å². The Morgan fingerprint density at radius 1 is 1.36 bits per heavy atom. The molecule has 1 saturated heterocycles. The lowest BCUT2D eigenvalue weighted by atomic mass is 10.2. The quantitative estimate of drug-likeness (QED) is 0.923. The van der Waals surface area contributed by atoms with E-state index in [1.807, 2.05) is 30.3 Å². The molecule has 0 saturated carbocycles. The first-order chi connectivity index (χ1) is 10.4. The van der Waals surface area contributed by atoms with E-state index in [1.165, 1.54) is 11.2 Å². The Hall–Kier alpha value is -2.02. The van der Waals surface area contributed by atoms with Gasteiger partial charge in [0.05, 0.1) is 5.25 Å². The zero-order chi connectivity index (χ0) is 15.7. The summed E-state index contributed by atoms with van der Waals surface area (Å²) in [5.41, 5.74) is 0.836. The fraction of sp³-hybridized carbons (Fsp3) is 0.400. The number of rotatable bonds is 4. The van der Waals surface area contributed by atoms with Gasteiger partial charge in [0.25, 0.3) is 0 Å². The molecule has 1 aromatic heterocycles. The maximum Gasteiger partial charge on any atom is 0.317 e. The third kappa shape index (κ3) is 3.09. The molecule has 2 amide bonds. The largest absolute Gasteiger partial charge is 0.461 e. The van der Waals surface area contributed by atoms with Gasteiger partial charge in [-0.3, -0.25) is 0 Å². The zero-order valence-electron chi connectivity index (χ0n) is 12.3. The molecule has 0 radical (unpaired) electrons. The molecule has 1 aliphatic rings. The van der Waals surface area contributed by atoms with Crippen LogP contribution in [-0.4, -0.2) is 50.5 Å². The third-order valence-electron chi connectivity index (χ3n) is 3.86. The van der Waals surface area contributed by atoms with Gasteiger partial charge in [-0.15, -0.1) is 0 Å². The molecule has 0 aliphatic carbocycles. The normalized spacial score (nSPS) is 15.8. The van der Waals surface area contributed by atoms with Crippen LogP contribution in [0, 0.1) is 0 Å². The molecular weight excluding hydrogens is 304 g/mol. The molecule has 0 unspecified atom stereocenters. The van der Waals surface area contributed by atoms with Crippen LogP contribution in [0.4, 0.5) is 4.79 Å². The standard InChI is InChI=1S/C15H18N2O4S/c1-22(19,20)13-9-17(10-13)15(18)16-7-6-12-8-11-4-2-3-5-14(11)21-12/h2-5,8,13H,6-7,9-10H2,1H3,(H,16,18). The summed E-state index contributed by atoms with van der Waals surface area (Å²) in [4.78, 5) is 13.4. The topological polar surface area (TPSA) is 79.6 Å². The highest BCUT2D eigenvalue weighted by Crippen LogP contribution is 2.19. The predicted octanol–water partition coefficient (Wildman–Crippen LogP) is 1.41. The lowest BCUT2D eigenvalue weighted by Gasteiger charge is -2.37. The van der Waals surface area contributed by atoms with Crippen molar-refractivity contribution in [1.82, 2.24) is 10.2 Å². The summed E-state index contributed by atoms with van der Waals surface area (Å²) in [6.07, 6.45) is 1.80. The number of hydrogen-bond acceptors (Lipinski definition) is 4. The molecule has 118 valence electrons. The summed E-state index contributed by atoms with van der Waals surface area (Å²) in [6.45, 7) is 1.00. The second-order valence-electron chi connectivity index (χ2n) is 5.59. The van der Waals surface area contributed by atoms with E-state index in [9.17, 15) is 13.2 Å². The smallest absolute Gasteiger partial charge is 0.317 e. The van der Waals surface area contributed by atoms with Crippen LogP contribution in [0.1, 0.15) is 5.76 Å². The SMILES string of the molecule is CS(=O)(=O)C1CN(C(=O)NCCc2cc3ccccc3o2)C1. The number of para-hydroxylation sites is 1. The number of likely N-dealkylation sites (tertiary alicyclic amines) is 1. The first kappa shape index (κ1) is 14.9. The summed E-state index contributed by atoms with van der Waals surface area (Å²) in [5.74, 6) is 0.819. The van der Waals surface area contributed by atoms with E-state index >= 15 is 0 Å². The minimum absolute atomic E-state index is 0.226. The molecule has 0 spiro atoms. The van der Waals surface area contributed by atoms with E-state index in [2.05, 4.69) is 5.32 Å². The Labute approximate surface area is 129 Å². The second kappa shape index (κ2) is 5.64. The number of carbonyl (C=O) groups excluding carboxylic acids is 1. The van der Waals surface area contributed by atoms with Crippen molar-refractivity contribution in [3.05, 3.63) is 36.1 Å². The zero-order valence-corrected chi connectivity index (χ0v) is 13.1. The van der Waals surface area contributed by atoms with Gasteiger partial charge in [0, 0.05) is 37.7 Å². The van der Waals surface area contributed by atoms with Crippen LogP contribution in [0.25, 0.3) is 11.0 Å². The first-order valence-corrected chi connectivity index (χ1v) is 9.08. The van der Waals surface area contributed by atoms with Crippen LogP contribution in [0.2, 0.25) is 0 Å². The Kier molecular flexibility index (Phi) is 3.82. The van der Waals surface area contributed by atoms with Crippen LogP contribution < -0.4 is 5.32 Å². The molecule has 2 heterocycles. The lowest BCUT2D eigenvalue weighted by Crippen LogP contribution is -2.59. The third-order valence-corrected chi connectivity index (χ3v) is 5.37. The van der Waals surface area contributed by atoms with Crippen molar-refractivity contribution in [1.29, 1.82) is 0 Å². The van der Waals surface area contributed by atoms with Crippen molar-refractivity contribution in [2.75, 3.05) is 25.9 Å². The number of furan rings is 1. The van der Waals surface area contributed by atoms with Gasteiger partial charge in [0.1, 0.15) is 11.3 Å². The maximum atomic E-state index is 11.8. The van der Waals surface area contributed by atoms with Crippen molar-refractivity contribution in [3.63, 3.8) is 0 Å². The molecule has 7 heteroatoms. The molecule has 3 rings (SSSR count). The summed E-state index contributed by atoms with van der Waals surface area (Å²) >= 11 is 0. The van der Waals surface area contributed by atoms with E-state index < -0.39 is 15.1 Å². The van der Waals surface area contributed by atoms with E-state index in [1.54, 1.807) is 0 Å². The number of urea groups is 1. The van der Waals surface area contributed by atoms with Crippen molar-refractivity contribution in [3.8, 4) is 0 Å². The number of carbonyl (C=O) groups is 1. The van der Waals surface area contributed by atoms with Crippen LogP contribution in [0.5, 0.6) is 0 Å². The average Bonchev–Trinajstić information content (AvgIpc) is 2.77. The number of benzene rings is 1. The van der Waals surface area contributed by atoms with Gasteiger partial charge < -0.3 is 14.6 Å². The van der Waals surface area contributed by atoms with Gasteiger partial charge >= 0.3 is 6.03 Å². The number of fused-ring (bicyclic) bond motifs is 1. The van der Waals surface area contributed by atoms with Crippen LogP contribution in [0.3, 0.4) is 0 Å². The molecule has 1 aliphatic heterocycles. The highest BCUT2D eigenvalue weighted by molar-refractivity contribution is 7.91. The Balaban J connectivity index is 1.46. The molecule has 22 heavy (non-hydrogen) atoms. The fourth-order valence-corrected chi connectivity index (χ4v) is 3.34. The van der Waals surface area contributed by atoms with E-state index in [-0.39, 0.29) is 19.1 Å². The maximum absolute atomic E-state index is 11.8. The highest BCUT2D eigenvalue weighted by atomic mass is 32.2. The van der Waals surface area contributed by atoms with Gasteiger partial charge in [-0.05, 0) is 12.1 Å². The highest BCUT2D eigenvalue weighted by Gasteiger charge is 2.37. The minimum Gasteiger partial charge on any atom is -0.461 e. The fourth-order valence-electron chi connectivity index (χ4n) is 2.44. The number of nitrogens with one attached hydrogen (secondary N) is 1. The van der Waals surface area contributed by atoms with Crippen molar-refractivity contribution >= 4 is 26.8 Å². The predicted molar refractivity (Wildman–Crippen MR) is 83.5 cm³/mol. The van der Waals surface area contributed by atoms with Gasteiger partial charge in [-0.1, -0.05) is 18.2 Å². The summed E-state index contributed by atoms with van der Waals surface area (Å²) in [6, 6.07) is 9.49. The van der Waals surface area contributed by atoms with Crippen molar-refractivity contribution in [2.45, 2.75) is 11.7 Å². The first-order valence-electron chi connectivity index (χ1n) is 7.12. The Morgan fingerprint density at radius 2 is 2.09 bits per heavy atom. The molecule has 2 aromatic rings. The molecule has 1 aromatic carbocycles. The molecule has 1 fully saturated rings. The Bertz CT molecular complexity index is 758. The lowest BCUT2D eigenvalue weighted by molar-refractivity contribution is 0.169. The second-order valence-corrected chi connectivity index (χ2v) is 7.91. The minimum atomic E-state index is -3.05. The number of sulfone groups is 1. The molecule has 0 atom stereocenters. The van der Waals surface area contributed by atoms with Crippen molar-refractivity contribution < 1.29 is 17.6 Å². The number of amides is 2. The van der Waals surface area contributed by atoms with Gasteiger partial charge in [0.15, 0.2) is 9.84 Å². The van der Waals surface area contributed by atoms with Gasteiger partial charge in [-0.25, -0.2) is 13.2 Å². The van der Waals surface area contributed by atoms with Gasteiger partial charge in [0.2, 0.25) is 0 Å². The van der Waals surface area contributed by atoms with Crippen molar-refractivity contribution in [2.24, 2.45) is 0 Å². The summed E-state index contributed by atoms with van der Waals surface area (Å²) in [5, 5.41) is 3.40. The summed E-state index contributed by atoms with van der Waals surface area (Å²) < 4.78 is 28.3. The van der Waals surface area contributed by atoms with Crippen LogP contribution in [-0.2, 0) is 16.3 Å². The van der Waals surface area contributed by atoms with E-state index in [0.29, 0.717) is 13.0 Å². The molecule has 6 nitrogen and oxygen atoms in total. The van der Waals surface area contributed by atoms with E-state index in [0.717, 1.165) is 16.7 Å². The molecule has 1 N–H and O–H groups in total. The summed E-state index contributed by atoms with van der Waals surface area (Å²) in [7, 11) is -3.05. The molecular formula is C15H18N2O4S. The number of nitrogens with zero attached hydrogens (tertiary/aromatic N) is 1. The monoisotopic (exact) mass is 322 g/mol. The Morgan fingerprint density at radius 3 is 2.77 bits per heavy atom. The van der Waals surface area contributed by atoms with Gasteiger partial charge in [-0.2, -0.15) is 0 Å². The number of hydrogen-bond donors (Lipinski definition) is 1. The van der Waals surface area contributed by atoms with Crippen LogP contribution in [0.15, 0.2) is 34.7 Å². The van der Waals surface area contributed by atoms with Crippen LogP contribution >= 0.6 is 0 Å².